The number of nitrogens with one attached hydrogen (secondary N) is 5. The van der Waals surface area contributed by atoms with Crippen molar-refractivity contribution in [3.8, 4) is 0 Å². The van der Waals surface area contributed by atoms with Crippen molar-refractivity contribution in [3.63, 3.8) is 0 Å². The third kappa shape index (κ3) is 5.14. The lowest BCUT2D eigenvalue weighted by Gasteiger charge is -2.27. The molecular formula is C24H35N11O. The normalized spacial score (nSPS) is 21.5. The maximum atomic E-state index is 12.8. The minimum absolute atomic E-state index is 0.0257. The molecule has 0 aliphatic carbocycles. The monoisotopic (exact) mass is 493 g/mol. The molecule has 0 saturated carbocycles. The largest absolute Gasteiger partial charge is 0.382 e. The highest BCUT2D eigenvalue weighted by Gasteiger charge is 2.30. The van der Waals surface area contributed by atoms with Crippen LogP contribution in [-0.4, -0.2) is 69.8 Å². The second-order valence-electron chi connectivity index (χ2n) is 9.56. The van der Waals surface area contributed by atoms with Gasteiger partial charge in [0, 0.05) is 51.5 Å². The van der Waals surface area contributed by atoms with Crippen molar-refractivity contribution in [1.29, 1.82) is 0 Å². The topological polar surface area (TPSA) is 127 Å². The Balaban J connectivity index is 1.24. The van der Waals surface area contributed by atoms with E-state index in [2.05, 4.69) is 48.6 Å². The van der Waals surface area contributed by atoms with Crippen molar-refractivity contribution in [3.05, 3.63) is 47.2 Å². The Morgan fingerprint density at radius 2 is 2.06 bits per heavy atom. The zero-order valence-corrected chi connectivity index (χ0v) is 21.3. The summed E-state index contributed by atoms with van der Waals surface area (Å²) in [6.07, 6.45) is 9.67. The van der Waals surface area contributed by atoms with Crippen LogP contribution in [0.5, 0.6) is 0 Å². The number of rotatable bonds is 8. The summed E-state index contributed by atoms with van der Waals surface area (Å²) in [6, 6.07) is 0.0257. The standard InChI is InChI=1S/C24H35N11O/c1-15-19(11-17(12-26-15)23(36)25-7-10-35-8-5-6-9-35)28-21-18-13-27-24(30-22(18)34(4)32-21)29-20-14-33(3)31-16(20)2/h11-15,21,26,28,32H,5-10H2,1-4H3,(H,25,36)(H,27,29,30). The van der Waals surface area contributed by atoms with Gasteiger partial charge in [-0.05, 0) is 45.9 Å². The van der Waals surface area contributed by atoms with Crippen LogP contribution in [-0.2, 0) is 11.8 Å². The summed E-state index contributed by atoms with van der Waals surface area (Å²) in [5.74, 6) is 1.20. The molecule has 5 N–H and O–H groups in total. The van der Waals surface area contributed by atoms with Gasteiger partial charge in [-0.1, -0.05) is 0 Å². The van der Waals surface area contributed by atoms with E-state index in [0.717, 1.165) is 48.1 Å². The smallest absolute Gasteiger partial charge is 0.252 e. The fourth-order valence-electron chi connectivity index (χ4n) is 4.73. The summed E-state index contributed by atoms with van der Waals surface area (Å²) in [4.78, 5) is 24.4. The van der Waals surface area contributed by atoms with Crippen LogP contribution in [0.25, 0.3) is 0 Å². The second-order valence-corrected chi connectivity index (χ2v) is 9.56. The molecule has 36 heavy (non-hydrogen) atoms. The maximum Gasteiger partial charge on any atom is 0.252 e. The number of aryl methyl sites for hydroxylation is 2. The predicted octanol–water partition coefficient (Wildman–Crippen LogP) is 0.776. The lowest BCUT2D eigenvalue weighted by molar-refractivity contribution is -0.117. The fraction of sp³-hybridized carbons (Fsp3) is 0.500. The summed E-state index contributed by atoms with van der Waals surface area (Å²) in [5, 5.41) is 19.3. The van der Waals surface area contributed by atoms with Crippen LogP contribution in [0.1, 0.15) is 37.2 Å². The average molecular weight is 494 g/mol. The zero-order valence-electron chi connectivity index (χ0n) is 21.3. The van der Waals surface area contributed by atoms with Crippen molar-refractivity contribution < 1.29 is 4.79 Å². The minimum atomic E-state index is -0.229. The van der Waals surface area contributed by atoms with Gasteiger partial charge in [0.15, 0.2) is 5.82 Å². The Hall–Kier alpha value is -3.64. The summed E-state index contributed by atoms with van der Waals surface area (Å²) in [5.41, 5.74) is 7.56. The van der Waals surface area contributed by atoms with E-state index in [1.54, 1.807) is 10.9 Å². The van der Waals surface area contributed by atoms with Crippen LogP contribution in [0.3, 0.4) is 0 Å². The molecule has 3 aliphatic rings. The van der Waals surface area contributed by atoms with Crippen LogP contribution in [0.15, 0.2) is 35.9 Å². The van der Waals surface area contributed by atoms with E-state index < -0.39 is 0 Å². The first-order chi connectivity index (χ1) is 17.4. The molecule has 0 bridgehead atoms. The van der Waals surface area contributed by atoms with Crippen molar-refractivity contribution in [2.45, 2.75) is 38.9 Å². The van der Waals surface area contributed by atoms with Gasteiger partial charge in [-0.25, -0.2) is 10.4 Å². The van der Waals surface area contributed by atoms with Crippen LogP contribution in [0.4, 0.5) is 17.5 Å². The Labute approximate surface area is 211 Å². The molecule has 1 fully saturated rings. The molecule has 2 aromatic rings. The van der Waals surface area contributed by atoms with Crippen LogP contribution >= 0.6 is 0 Å². The van der Waals surface area contributed by atoms with Crippen molar-refractivity contribution in [2.75, 3.05) is 43.6 Å². The van der Waals surface area contributed by atoms with E-state index in [1.807, 2.05) is 44.5 Å². The minimum Gasteiger partial charge on any atom is -0.382 e. The number of hydrogen-bond acceptors (Lipinski definition) is 10. The molecule has 5 rings (SSSR count). The molecule has 12 nitrogen and oxygen atoms in total. The number of carbonyl (C=O) groups excluding carboxylic acids is 1. The molecule has 1 saturated heterocycles. The Bertz CT molecular complexity index is 1180. The van der Waals surface area contributed by atoms with Gasteiger partial charge in [0.1, 0.15) is 6.17 Å². The Kier molecular flexibility index (Phi) is 6.79. The molecule has 2 atom stereocenters. The van der Waals surface area contributed by atoms with Gasteiger partial charge in [0.05, 0.1) is 28.6 Å². The van der Waals surface area contributed by atoms with Crippen LogP contribution in [0.2, 0.25) is 0 Å². The molecule has 0 spiro atoms. The molecule has 1 amide bonds. The second kappa shape index (κ2) is 10.2. The van der Waals surface area contributed by atoms with Gasteiger partial charge in [-0.15, -0.1) is 0 Å². The molecule has 3 aliphatic heterocycles. The number of hydrazine groups is 1. The summed E-state index contributed by atoms with van der Waals surface area (Å²) in [6.45, 7) is 7.78. The van der Waals surface area contributed by atoms with Crippen LogP contribution < -0.4 is 31.7 Å². The van der Waals surface area contributed by atoms with Crippen molar-refractivity contribution in [2.24, 2.45) is 7.05 Å². The fourth-order valence-corrected chi connectivity index (χ4v) is 4.73. The Morgan fingerprint density at radius 1 is 1.25 bits per heavy atom. The summed E-state index contributed by atoms with van der Waals surface area (Å²) < 4.78 is 1.75. The van der Waals surface area contributed by atoms with E-state index in [1.165, 1.54) is 12.8 Å². The third-order valence-electron chi connectivity index (χ3n) is 6.76. The number of dihydropyridines is 1. The first kappa shape index (κ1) is 24.1. The SMILES string of the molecule is Cc1nn(C)cc1Nc1ncc2c(n1)N(C)NC2NC1=CC(C(=O)NCCN2CCCC2)=CNC1C. The number of hydrogen-bond donors (Lipinski definition) is 5. The highest BCUT2D eigenvalue weighted by molar-refractivity contribution is 5.96. The van der Waals surface area contributed by atoms with Crippen LogP contribution in [0, 0.1) is 6.92 Å². The van der Waals surface area contributed by atoms with Crippen molar-refractivity contribution >= 4 is 23.4 Å². The molecule has 2 aromatic heterocycles. The maximum absolute atomic E-state index is 12.8. The summed E-state index contributed by atoms with van der Waals surface area (Å²) in [7, 11) is 3.80. The number of aromatic nitrogens is 4. The quantitative estimate of drug-likeness (QED) is 0.360. The molecule has 2 unspecified atom stereocenters. The molecule has 0 aromatic carbocycles. The van der Waals surface area contributed by atoms with E-state index in [9.17, 15) is 4.79 Å². The molecule has 5 heterocycles. The van der Waals surface area contributed by atoms with Crippen molar-refractivity contribution in [1.82, 2.24) is 46.0 Å². The number of anilines is 3. The van der Waals surface area contributed by atoms with Gasteiger partial charge in [-0.3, -0.25) is 14.5 Å². The number of fused-ring (bicyclic) bond motifs is 1. The van der Waals surface area contributed by atoms with Gasteiger partial charge in [0.25, 0.3) is 5.91 Å². The molecular weight excluding hydrogens is 458 g/mol. The average Bonchev–Trinajstić information content (AvgIpc) is 3.55. The molecule has 12 heteroatoms. The highest BCUT2D eigenvalue weighted by Crippen LogP contribution is 2.30. The first-order valence-electron chi connectivity index (χ1n) is 12.5. The van der Waals surface area contributed by atoms with Gasteiger partial charge < -0.3 is 26.2 Å². The van der Waals surface area contributed by atoms with E-state index in [-0.39, 0.29) is 18.1 Å². The molecule has 0 radical (unpaired) electrons. The predicted molar refractivity (Wildman–Crippen MR) is 138 cm³/mol. The van der Waals surface area contributed by atoms with E-state index in [0.29, 0.717) is 18.1 Å². The lowest BCUT2D eigenvalue weighted by atomic mass is 10.1. The number of amides is 1. The Morgan fingerprint density at radius 3 is 2.81 bits per heavy atom. The zero-order chi connectivity index (χ0) is 25.2. The van der Waals surface area contributed by atoms with E-state index >= 15 is 0 Å². The lowest BCUT2D eigenvalue weighted by Crippen LogP contribution is -2.43. The highest BCUT2D eigenvalue weighted by atomic mass is 16.1. The molecule has 192 valence electrons. The van der Waals surface area contributed by atoms with Gasteiger partial charge in [-0.2, -0.15) is 10.1 Å². The number of likely N-dealkylation sites (tertiary alicyclic amines) is 1. The third-order valence-corrected chi connectivity index (χ3v) is 6.76. The van der Waals surface area contributed by atoms with Gasteiger partial charge >= 0.3 is 0 Å². The summed E-state index contributed by atoms with van der Waals surface area (Å²) >= 11 is 0. The van der Waals surface area contributed by atoms with Gasteiger partial charge in [0.2, 0.25) is 5.95 Å². The first-order valence-corrected chi connectivity index (χ1v) is 12.5. The van der Waals surface area contributed by atoms with E-state index in [4.69, 9.17) is 4.98 Å². The number of nitrogens with zero attached hydrogens (tertiary/aromatic N) is 6. The number of carbonyl (C=O) groups is 1.